The maximum Gasteiger partial charge on any atom is 0.236 e. The number of ether oxygens (including phenoxy) is 1. The first-order valence-corrected chi connectivity index (χ1v) is 7.91. The maximum atomic E-state index is 12.5. The van der Waals surface area contributed by atoms with Gasteiger partial charge in [-0.25, -0.2) is 4.98 Å². The van der Waals surface area contributed by atoms with Crippen molar-refractivity contribution in [3.05, 3.63) is 45.9 Å². The van der Waals surface area contributed by atoms with E-state index >= 15 is 0 Å². The van der Waals surface area contributed by atoms with Gasteiger partial charge in [-0.3, -0.25) is 4.79 Å². The molecule has 1 heterocycles. The zero-order valence-corrected chi connectivity index (χ0v) is 13.1. The van der Waals surface area contributed by atoms with Gasteiger partial charge in [0, 0.05) is 17.5 Å². The van der Waals surface area contributed by atoms with Crippen LogP contribution in [-0.4, -0.2) is 18.0 Å². The number of aromatic nitrogens is 1. The van der Waals surface area contributed by atoms with E-state index in [1.165, 1.54) is 11.3 Å². The number of hydrogen-bond donors (Lipinski definition) is 1. The van der Waals surface area contributed by atoms with E-state index in [1.54, 1.807) is 7.11 Å². The maximum absolute atomic E-state index is 12.5. The molecule has 110 valence electrons. The molecule has 1 amide bonds. The van der Waals surface area contributed by atoms with Crippen LogP contribution in [0.15, 0.2) is 29.6 Å². The summed E-state index contributed by atoms with van der Waals surface area (Å²) in [6, 6.07) is 7.49. The Hall–Kier alpha value is -1.43. The summed E-state index contributed by atoms with van der Waals surface area (Å²) in [7, 11) is 1.62. The first-order chi connectivity index (χ1) is 10.1. The van der Waals surface area contributed by atoms with Crippen molar-refractivity contribution in [2.45, 2.75) is 24.9 Å². The van der Waals surface area contributed by atoms with Crippen molar-refractivity contribution in [3.8, 4) is 0 Å². The molecule has 4 nitrogen and oxygen atoms in total. The van der Waals surface area contributed by atoms with E-state index in [1.807, 2.05) is 29.6 Å². The third kappa shape index (κ3) is 2.95. The third-order valence-electron chi connectivity index (χ3n) is 3.65. The van der Waals surface area contributed by atoms with Gasteiger partial charge in [-0.15, -0.1) is 11.3 Å². The molecule has 0 spiro atoms. The molecule has 3 rings (SSSR count). The van der Waals surface area contributed by atoms with Gasteiger partial charge in [0.2, 0.25) is 5.91 Å². The minimum absolute atomic E-state index is 0.00291. The van der Waals surface area contributed by atoms with Crippen LogP contribution < -0.4 is 5.32 Å². The first-order valence-electron chi connectivity index (χ1n) is 6.65. The summed E-state index contributed by atoms with van der Waals surface area (Å²) in [5, 5.41) is 6.10. The van der Waals surface area contributed by atoms with Crippen LogP contribution in [0.25, 0.3) is 0 Å². The van der Waals surface area contributed by atoms with E-state index in [4.69, 9.17) is 16.3 Å². The van der Waals surface area contributed by atoms with Gasteiger partial charge >= 0.3 is 0 Å². The predicted octanol–water partition coefficient (Wildman–Crippen LogP) is 3.61. The van der Waals surface area contributed by atoms with Gasteiger partial charge in [0.15, 0.2) is 5.13 Å². The van der Waals surface area contributed by atoms with Crippen LogP contribution in [0.1, 0.15) is 24.1 Å². The van der Waals surface area contributed by atoms with Crippen molar-refractivity contribution in [2.24, 2.45) is 0 Å². The molecule has 0 aliphatic heterocycles. The Morgan fingerprint density at radius 2 is 2.14 bits per heavy atom. The summed E-state index contributed by atoms with van der Waals surface area (Å²) >= 11 is 7.32. The second-order valence-electron chi connectivity index (χ2n) is 5.12. The number of rotatable bonds is 5. The van der Waals surface area contributed by atoms with Gasteiger partial charge in [0.25, 0.3) is 0 Å². The van der Waals surface area contributed by atoms with Crippen molar-refractivity contribution in [1.29, 1.82) is 0 Å². The molecule has 6 heteroatoms. The van der Waals surface area contributed by atoms with Gasteiger partial charge in [0.05, 0.1) is 17.7 Å². The van der Waals surface area contributed by atoms with Gasteiger partial charge < -0.3 is 10.1 Å². The van der Waals surface area contributed by atoms with Gasteiger partial charge in [0.1, 0.15) is 0 Å². The number of halogens is 1. The first kappa shape index (κ1) is 14.5. The number of thiazole rings is 1. The summed E-state index contributed by atoms with van der Waals surface area (Å²) in [6.07, 6.45) is 1.72. The zero-order chi connectivity index (χ0) is 14.9. The molecule has 0 bridgehead atoms. The summed E-state index contributed by atoms with van der Waals surface area (Å²) < 4.78 is 5.03. The number of nitrogens with one attached hydrogen (secondary N) is 1. The number of amides is 1. The highest BCUT2D eigenvalue weighted by atomic mass is 35.5. The smallest absolute Gasteiger partial charge is 0.236 e. The van der Waals surface area contributed by atoms with E-state index in [-0.39, 0.29) is 5.91 Å². The molecule has 1 aliphatic carbocycles. The minimum atomic E-state index is -0.419. The summed E-state index contributed by atoms with van der Waals surface area (Å²) in [5.74, 6) is 0.00291. The average Bonchev–Trinajstić information content (AvgIpc) is 3.17. The van der Waals surface area contributed by atoms with Gasteiger partial charge in [-0.2, -0.15) is 0 Å². The second kappa shape index (κ2) is 5.75. The Balaban J connectivity index is 1.73. The fourth-order valence-corrected chi connectivity index (χ4v) is 3.15. The fourth-order valence-electron chi connectivity index (χ4n) is 2.34. The van der Waals surface area contributed by atoms with Crippen LogP contribution in [0.2, 0.25) is 5.02 Å². The number of benzene rings is 1. The van der Waals surface area contributed by atoms with Crippen molar-refractivity contribution < 1.29 is 9.53 Å². The largest absolute Gasteiger partial charge is 0.378 e. The molecule has 1 saturated carbocycles. The molecule has 2 aromatic rings. The monoisotopic (exact) mass is 322 g/mol. The highest BCUT2D eigenvalue weighted by molar-refractivity contribution is 7.13. The molecule has 0 saturated heterocycles. The van der Waals surface area contributed by atoms with Gasteiger partial charge in [-0.05, 0) is 30.5 Å². The second-order valence-corrected chi connectivity index (χ2v) is 6.41. The zero-order valence-electron chi connectivity index (χ0n) is 11.6. The molecule has 0 radical (unpaired) electrons. The molecule has 0 atom stereocenters. The van der Waals surface area contributed by atoms with Crippen molar-refractivity contribution in [2.75, 3.05) is 12.4 Å². The molecule has 0 unspecified atom stereocenters. The fraction of sp³-hybridized carbons (Fsp3) is 0.333. The Morgan fingerprint density at radius 1 is 1.43 bits per heavy atom. The summed E-state index contributed by atoms with van der Waals surface area (Å²) in [4.78, 5) is 16.9. The molecule has 21 heavy (non-hydrogen) atoms. The van der Waals surface area contributed by atoms with E-state index in [0.717, 1.165) is 24.1 Å². The minimum Gasteiger partial charge on any atom is -0.378 e. The normalized spacial score (nSPS) is 15.7. The number of hydrogen-bond acceptors (Lipinski definition) is 4. The number of nitrogens with zero attached hydrogens (tertiary/aromatic N) is 1. The third-order valence-corrected chi connectivity index (χ3v) is 4.70. The lowest BCUT2D eigenvalue weighted by Gasteiger charge is -2.14. The van der Waals surface area contributed by atoms with E-state index < -0.39 is 5.41 Å². The Labute approximate surface area is 132 Å². The van der Waals surface area contributed by atoms with Crippen LogP contribution in [0.4, 0.5) is 5.13 Å². The van der Waals surface area contributed by atoms with Crippen LogP contribution >= 0.6 is 22.9 Å². The van der Waals surface area contributed by atoms with E-state index in [9.17, 15) is 4.79 Å². The molecular formula is C15H15ClN2O2S. The molecule has 1 aliphatic rings. The van der Waals surface area contributed by atoms with Crippen LogP contribution in [-0.2, 0) is 21.6 Å². The quantitative estimate of drug-likeness (QED) is 0.914. The molecule has 1 fully saturated rings. The van der Waals surface area contributed by atoms with Crippen molar-refractivity contribution in [1.82, 2.24) is 4.98 Å². The van der Waals surface area contributed by atoms with E-state index in [0.29, 0.717) is 16.8 Å². The lowest BCUT2D eigenvalue weighted by molar-refractivity contribution is -0.118. The lowest BCUT2D eigenvalue weighted by Crippen LogP contribution is -2.27. The molecule has 1 aromatic carbocycles. The summed E-state index contributed by atoms with van der Waals surface area (Å²) in [5.41, 5.74) is 1.42. The van der Waals surface area contributed by atoms with Gasteiger partial charge in [-0.1, -0.05) is 23.7 Å². The molecule has 1 N–H and O–H groups in total. The number of carbonyl (C=O) groups excluding carboxylic acids is 1. The Morgan fingerprint density at radius 3 is 2.76 bits per heavy atom. The standard InChI is InChI=1S/C15H15ClN2O2S/c1-20-8-12-9-21-14(17-12)18-13(19)15(6-7-15)10-2-4-11(16)5-3-10/h2-5,9H,6-8H2,1H3,(H,17,18,19). The SMILES string of the molecule is COCc1csc(NC(=O)C2(c3ccc(Cl)cc3)CC2)n1. The van der Waals surface area contributed by atoms with Crippen LogP contribution in [0.5, 0.6) is 0 Å². The van der Waals surface area contributed by atoms with E-state index in [2.05, 4.69) is 10.3 Å². The highest BCUT2D eigenvalue weighted by Crippen LogP contribution is 2.49. The molecule has 1 aromatic heterocycles. The topological polar surface area (TPSA) is 51.2 Å². The number of methoxy groups -OCH3 is 1. The van der Waals surface area contributed by atoms with Crippen molar-refractivity contribution in [3.63, 3.8) is 0 Å². The van der Waals surface area contributed by atoms with Crippen LogP contribution in [0, 0.1) is 0 Å². The lowest BCUT2D eigenvalue weighted by atomic mass is 9.95. The predicted molar refractivity (Wildman–Crippen MR) is 83.8 cm³/mol. The molecular weight excluding hydrogens is 308 g/mol. The Kier molecular flexibility index (Phi) is 3.97. The number of anilines is 1. The highest BCUT2D eigenvalue weighted by Gasteiger charge is 2.51. The average molecular weight is 323 g/mol. The van der Waals surface area contributed by atoms with Crippen molar-refractivity contribution >= 4 is 34.0 Å². The van der Waals surface area contributed by atoms with Crippen LogP contribution in [0.3, 0.4) is 0 Å². The summed E-state index contributed by atoms with van der Waals surface area (Å²) in [6.45, 7) is 0.453. The number of carbonyl (C=O) groups is 1. The Bertz CT molecular complexity index is 650.